The molecule has 4 aromatic rings. The smallest absolute Gasteiger partial charge is 0.248 e. The van der Waals surface area contributed by atoms with Gasteiger partial charge in [-0.2, -0.15) is 15.1 Å². The van der Waals surface area contributed by atoms with Gasteiger partial charge in [0.25, 0.3) is 0 Å². The Balaban J connectivity index is 1.28. The van der Waals surface area contributed by atoms with Gasteiger partial charge in [-0.25, -0.2) is 4.98 Å². The summed E-state index contributed by atoms with van der Waals surface area (Å²) in [5, 5.41) is 14.4. The number of aromatic amines is 1. The Morgan fingerprint density at radius 2 is 2.19 bits per heavy atom. The summed E-state index contributed by atoms with van der Waals surface area (Å²) in [6.45, 7) is 2.69. The van der Waals surface area contributed by atoms with E-state index in [9.17, 15) is 4.79 Å². The maximum Gasteiger partial charge on any atom is 0.248 e. The van der Waals surface area contributed by atoms with Crippen molar-refractivity contribution in [1.29, 1.82) is 0 Å². The first kappa shape index (κ1) is 19.2. The summed E-state index contributed by atoms with van der Waals surface area (Å²) in [5.41, 5.74) is 1.91. The first-order valence-corrected chi connectivity index (χ1v) is 11.6. The summed E-state index contributed by atoms with van der Waals surface area (Å²) in [4.78, 5) is 29.8. The molecule has 0 bridgehead atoms. The van der Waals surface area contributed by atoms with Crippen molar-refractivity contribution in [2.75, 3.05) is 22.1 Å². The van der Waals surface area contributed by atoms with Gasteiger partial charge in [-0.1, -0.05) is 0 Å². The van der Waals surface area contributed by atoms with Crippen molar-refractivity contribution in [2.45, 2.75) is 44.6 Å². The van der Waals surface area contributed by atoms with Crippen LogP contribution in [0.5, 0.6) is 0 Å². The molecule has 1 atom stereocenters. The number of hydrogen-bond donors (Lipinski definition) is 3. The fourth-order valence-corrected chi connectivity index (χ4v) is 4.80. The predicted molar refractivity (Wildman–Crippen MR) is 123 cm³/mol. The molecule has 3 N–H and O–H groups in total. The Hall–Kier alpha value is -3.47. The van der Waals surface area contributed by atoms with Gasteiger partial charge in [0.15, 0.2) is 10.9 Å². The summed E-state index contributed by atoms with van der Waals surface area (Å²) in [6.07, 6.45) is 7.74. The second-order valence-electron chi connectivity index (χ2n) is 8.31. The van der Waals surface area contributed by atoms with Gasteiger partial charge in [-0.05, 0) is 44.7 Å². The molecule has 1 unspecified atom stereocenters. The molecule has 1 saturated heterocycles. The van der Waals surface area contributed by atoms with E-state index >= 15 is 0 Å². The van der Waals surface area contributed by atoms with E-state index in [4.69, 9.17) is 9.97 Å². The number of H-pyrrole nitrogens is 1. The number of anilines is 4. The molecule has 1 aliphatic heterocycles. The Kier molecular flexibility index (Phi) is 4.56. The van der Waals surface area contributed by atoms with Crippen LogP contribution in [0.4, 0.5) is 22.8 Å². The molecule has 4 aromatic heterocycles. The third kappa shape index (κ3) is 3.58. The van der Waals surface area contributed by atoms with Crippen molar-refractivity contribution in [3.8, 4) is 0 Å². The second-order valence-corrected chi connectivity index (χ2v) is 9.54. The highest BCUT2D eigenvalue weighted by molar-refractivity contribution is 7.15. The maximum absolute atomic E-state index is 13.0. The summed E-state index contributed by atoms with van der Waals surface area (Å²) >= 11 is 1.47. The largest absolute Gasteiger partial charge is 0.329 e. The normalized spacial score (nSPS) is 18.4. The molecule has 32 heavy (non-hydrogen) atoms. The van der Waals surface area contributed by atoms with Crippen molar-refractivity contribution in [3.05, 3.63) is 41.2 Å². The number of aryl methyl sites for hydroxylation is 1. The molecule has 6 rings (SSSR count). The SMILES string of the molecule is Cc1cnc(NC(=O)C2CCCN2c2nc(Nc3cc(C4CC4)[nH]n3)n3cccc3n2)s1. The van der Waals surface area contributed by atoms with Crippen LogP contribution in [0, 0.1) is 6.92 Å². The topological polar surface area (TPSA) is 116 Å². The zero-order valence-electron chi connectivity index (χ0n) is 17.6. The van der Waals surface area contributed by atoms with Gasteiger partial charge >= 0.3 is 0 Å². The highest BCUT2D eigenvalue weighted by Gasteiger charge is 2.33. The van der Waals surface area contributed by atoms with Crippen LogP contribution in [-0.2, 0) is 4.79 Å². The quantitative estimate of drug-likeness (QED) is 0.413. The van der Waals surface area contributed by atoms with Crippen LogP contribution in [0.2, 0.25) is 0 Å². The first-order chi connectivity index (χ1) is 15.6. The second kappa shape index (κ2) is 7.59. The number of aromatic nitrogens is 6. The van der Waals surface area contributed by atoms with E-state index in [2.05, 4.69) is 25.8 Å². The summed E-state index contributed by atoms with van der Waals surface area (Å²) in [5.74, 6) is 2.39. The van der Waals surface area contributed by atoms with Gasteiger partial charge < -0.3 is 15.5 Å². The van der Waals surface area contributed by atoms with Gasteiger partial charge in [-0.15, -0.1) is 11.3 Å². The van der Waals surface area contributed by atoms with Crippen molar-refractivity contribution < 1.29 is 4.79 Å². The summed E-state index contributed by atoms with van der Waals surface area (Å²) in [6, 6.07) is 5.56. The minimum Gasteiger partial charge on any atom is -0.329 e. The summed E-state index contributed by atoms with van der Waals surface area (Å²) in [7, 11) is 0. The van der Waals surface area contributed by atoms with E-state index in [0.29, 0.717) is 22.9 Å². The van der Waals surface area contributed by atoms with E-state index in [1.165, 1.54) is 24.2 Å². The number of nitrogens with one attached hydrogen (secondary N) is 3. The Labute approximate surface area is 188 Å². The number of hydrogen-bond acceptors (Lipinski definition) is 8. The molecule has 1 amide bonds. The molecule has 0 aromatic carbocycles. The minimum absolute atomic E-state index is 0.0772. The number of thiazole rings is 1. The molecule has 5 heterocycles. The van der Waals surface area contributed by atoms with Crippen LogP contribution >= 0.6 is 11.3 Å². The van der Waals surface area contributed by atoms with Gasteiger partial charge in [0, 0.05) is 41.5 Å². The van der Waals surface area contributed by atoms with E-state index in [1.807, 2.05) is 40.6 Å². The molecule has 164 valence electrons. The standard InChI is InChI=1S/C21H23N9OS/c1-12-11-22-21(32-12)25-18(31)15-4-2-8-29(15)20-24-17-5-3-9-30(17)19(26-20)23-16-10-14(27-28-16)13-6-7-13/h3,5,9-11,13,15H,2,4,6-8H2,1H3,(H,22,25,31)(H2,23,24,26,27,28). The first-order valence-electron chi connectivity index (χ1n) is 10.8. The van der Waals surface area contributed by atoms with Crippen LogP contribution < -0.4 is 15.5 Å². The van der Waals surface area contributed by atoms with Crippen molar-refractivity contribution >= 4 is 45.7 Å². The van der Waals surface area contributed by atoms with Crippen LogP contribution in [0.3, 0.4) is 0 Å². The average molecular weight is 450 g/mol. The Bertz CT molecular complexity index is 1290. The number of fused-ring (bicyclic) bond motifs is 1. The lowest BCUT2D eigenvalue weighted by Gasteiger charge is -2.24. The molecule has 1 aliphatic carbocycles. The van der Waals surface area contributed by atoms with Gasteiger partial charge in [0.2, 0.25) is 17.8 Å². The van der Waals surface area contributed by atoms with Crippen LogP contribution in [0.15, 0.2) is 30.6 Å². The number of carbonyl (C=O) groups is 1. The zero-order valence-corrected chi connectivity index (χ0v) is 18.4. The molecule has 11 heteroatoms. The lowest BCUT2D eigenvalue weighted by molar-refractivity contribution is -0.117. The van der Waals surface area contributed by atoms with Crippen LogP contribution in [0.1, 0.15) is 42.2 Å². The van der Waals surface area contributed by atoms with E-state index < -0.39 is 0 Å². The lowest BCUT2D eigenvalue weighted by atomic mass is 10.2. The monoisotopic (exact) mass is 449 g/mol. The van der Waals surface area contributed by atoms with Crippen LogP contribution in [0.25, 0.3) is 5.65 Å². The van der Waals surface area contributed by atoms with Crippen molar-refractivity contribution in [2.24, 2.45) is 0 Å². The Morgan fingerprint density at radius 3 is 3.00 bits per heavy atom. The van der Waals surface area contributed by atoms with Crippen LogP contribution in [-0.4, -0.2) is 48.0 Å². The van der Waals surface area contributed by atoms with Crippen molar-refractivity contribution in [1.82, 2.24) is 29.5 Å². The Morgan fingerprint density at radius 1 is 1.28 bits per heavy atom. The average Bonchev–Trinajstić information content (AvgIpc) is 3.20. The zero-order chi connectivity index (χ0) is 21.7. The predicted octanol–water partition coefficient (Wildman–Crippen LogP) is 3.45. The number of rotatable bonds is 6. The molecule has 0 radical (unpaired) electrons. The van der Waals surface area contributed by atoms with E-state index in [1.54, 1.807) is 6.20 Å². The molecule has 1 saturated carbocycles. The molecule has 10 nitrogen and oxygen atoms in total. The fraction of sp³-hybridized carbons (Fsp3) is 0.381. The van der Waals surface area contributed by atoms with Crippen molar-refractivity contribution in [3.63, 3.8) is 0 Å². The highest BCUT2D eigenvalue weighted by Crippen LogP contribution is 2.39. The molecular formula is C21H23N9OS. The van der Waals surface area contributed by atoms with E-state index in [-0.39, 0.29) is 11.9 Å². The molecule has 2 fully saturated rings. The molecule has 2 aliphatic rings. The third-order valence-electron chi connectivity index (χ3n) is 5.89. The van der Waals surface area contributed by atoms with Gasteiger partial charge in [0.1, 0.15) is 11.7 Å². The van der Waals surface area contributed by atoms with Gasteiger partial charge in [0.05, 0.1) is 0 Å². The molecular weight excluding hydrogens is 426 g/mol. The third-order valence-corrected chi connectivity index (χ3v) is 6.72. The summed E-state index contributed by atoms with van der Waals surface area (Å²) < 4.78 is 1.89. The maximum atomic E-state index is 13.0. The number of carbonyl (C=O) groups excluding carboxylic acids is 1. The molecule has 0 spiro atoms. The number of nitrogens with zero attached hydrogens (tertiary/aromatic N) is 6. The van der Waals surface area contributed by atoms with Gasteiger partial charge in [-0.3, -0.25) is 14.3 Å². The highest BCUT2D eigenvalue weighted by atomic mass is 32.1. The number of amides is 1. The lowest BCUT2D eigenvalue weighted by Crippen LogP contribution is -2.40. The minimum atomic E-state index is -0.337. The van der Waals surface area contributed by atoms with E-state index in [0.717, 1.165) is 41.4 Å². The fourth-order valence-electron chi connectivity index (χ4n) is 4.13.